The zero-order chi connectivity index (χ0) is 91.5. The number of amides is 6. The lowest BCUT2D eigenvalue weighted by Gasteiger charge is -2.23. The minimum atomic E-state index is -0.364. The second-order valence-corrected chi connectivity index (χ2v) is 36.5. The Kier molecular flexibility index (Phi) is 32.1. The third-order valence-corrected chi connectivity index (χ3v) is 25.7. The number of nitrogens with one attached hydrogen (secondary N) is 6. The number of benzene rings is 6. The average molecular weight is 1760 g/mol. The van der Waals surface area contributed by atoms with Gasteiger partial charge < -0.3 is 68.0 Å². The van der Waals surface area contributed by atoms with Crippen molar-refractivity contribution >= 4 is 70.4 Å². The average Bonchev–Trinajstić information content (AvgIpc) is 1.66. The van der Waals surface area contributed by atoms with Crippen LogP contribution in [-0.4, -0.2) is 101 Å². The number of carbonyl (C=O) groups is 9. The van der Waals surface area contributed by atoms with Crippen LogP contribution in [0.5, 0.6) is 0 Å². The summed E-state index contributed by atoms with van der Waals surface area (Å²) in [4.78, 5) is 132. The van der Waals surface area contributed by atoms with Gasteiger partial charge in [-0.2, -0.15) is 0 Å². The van der Waals surface area contributed by atoms with E-state index < -0.39 is 0 Å². The lowest BCUT2D eigenvalue weighted by atomic mass is 9.94. The summed E-state index contributed by atoms with van der Waals surface area (Å²) < 4.78 is 21.2. The zero-order valence-corrected chi connectivity index (χ0v) is 75.6. The number of nitrogens with two attached hydrogens (primary N) is 3. The zero-order valence-electron chi connectivity index (χ0n) is 75.6. The van der Waals surface area contributed by atoms with Crippen molar-refractivity contribution in [2.45, 2.75) is 237 Å². The molecular weight excluding hydrogens is 1640 g/mol. The van der Waals surface area contributed by atoms with Gasteiger partial charge in [0, 0.05) is 114 Å². The first-order valence-electron chi connectivity index (χ1n) is 46.6. The third kappa shape index (κ3) is 25.3. The molecule has 0 spiro atoms. The van der Waals surface area contributed by atoms with Gasteiger partial charge in [-0.1, -0.05) is 108 Å². The van der Waals surface area contributed by atoms with Gasteiger partial charge in [-0.05, 0) is 284 Å². The molecule has 7 aliphatic rings. The van der Waals surface area contributed by atoms with Crippen molar-refractivity contribution in [3.63, 3.8) is 0 Å². The summed E-state index contributed by atoms with van der Waals surface area (Å²) in [5.41, 5.74) is 38.1. The fraction of sp³-hybridized carbons (Fsp3) is 0.429. The van der Waals surface area contributed by atoms with E-state index in [1.165, 1.54) is 16.7 Å². The summed E-state index contributed by atoms with van der Waals surface area (Å²) in [6.07, 6.45) is 22.6. The second-order valence-electron chi connectivity index (χ2n) is 36.5. The van der Waals surface area contributed by atoms with Crippen molar-refractivity contribution in [2.24, 2.45) is 40.9 Å². The van der Waals surface area contributed by atoms with Gasteiger partial charge in [0.2, 0.25) is 17.7 Å². The fourth-order valence-corrected chi connectivity index (χ4v) is 17.7. The van der Waals surface area contributed by atoms with Crippen molar-refractivity contribution in [1.82, 2.24) is 30.9 Å². The van der Waals surface area contributed by atoms with E-state index in [-0.39, 0.29) is 127 Å². The number of methoxy groups -OCH3 is 1. The Morgan fingerprint density at radius 3 is 1.05 bits per heavy atom. The van der Waals surface area contributed by atoms with Crippen LogP contribution >= 0.6 is 0 Å². The summed E-state index contributed by atoms with van der Waals surface area (Å²) in [6, 6.07) is 45.1. The summed E-state index contributed by atoms with van der Waals surface area (Å²) in [5, 5.41) is 19.0. The normalized spacial score (nSPS) is 19.2. The number of pyridine rings is 3. The van der Waals surface area contributed by atoms with Gasteiger partial charge in [0.05, 0.1) is 67.7 Å². The Balaban J connectivity index is 0.000000157. The summed E-state index contributed by atoms with van der Waals surface area (Å²) in [5.74, 6) is -0.565. The monoisotopic (exact) mass is 1760 g/mol. The molecule has 6 bridgehead atoms. The molecule has 130 heavy (non-hydrogen) atoms. The van der Waals surface area contributed by atoms with E-state index in [0.717, 1.165) is 167 Å². The molecule has 0 radical (unpaired) electrons. The van der Waals surface area contributed by atoms with Crippen molar-refractivity contribution < 1.29 is 62.1 Å². The Morgan fingerprint density at radius 2 is 0.731 bits per heavy atom. The summed E-state index contributed by atoms with van der Waals surface area (Å²) >= 11 is 0. The maximum atomic E-state index is 13.6. The number of esters is 3. The highest BCUT2D eigenvalue weighted by atomic mass is 16.6. The van der Waals surface area contributed by atoms with E-state index in [9.17, 15) is 43.2 Å². The summed E-state index contributed by atoms with van der Waals surface area (Å²) in [6.45, 7) is 12.0. The van der Waals surface area contributed by atoms with Crippen molar-refractivity contribution in [3.8, 4) is 33.4 Å². The minimum absolute atomic E-state index is 0.0153. The van der Waals surface area contributed by atoms with Crippen LogP contribution in [0.15, 0.2) is 164 Å². The number of anilines is 3. The minimum Gasteiger partial charge on any atom is -0.465 e. The van der Waals surface area contributed by atoms with E-state index in [2.05, 4.69) is 46.9 Å². The van der Waals surface area contributed by atoms with Crippen LogP contribution in [-0.2, 0) is 86.6 Å². The molecule has 25 heteroatoms. The second kappa shape index (κ2) is 44.4. The van der Waals surface area contributed by atoms with Crippen LogP contribution in [0.3, 0.4) is 0 Å². The number of carbonyl (C=O) groups excluding carboxylic acids is 9. The topological polar surface area (TPSA) is 379 Å². The molecule has 6 heterocycles. The van der Waals surface area contributed by atoms with Gasteiger partial charge in [0.25, 0.3) is 17.7 Å². The fourth-order valence-electron chi connectivity index (χ4n) is 17.7. The first-order valence-corrected chi connectivity index (χ1v) is 46.6. The van der Waals surface area contributed by atoms with Crippen LogP contribution in [0.1, 0.15) is 291 Å². The largest absolute Gasteiger partial charge is 0.465 e. The molecule has 4 fully saturated rings. The van der Waals surface area contributed by atoms with E-state index in [1.807, 2.05) is 180 Å². The lowest BCUT2D eigenvalue weighted by molar-refractivity contribution is -0.148. The number of hydrogen-bond donors (Lipinski definition) is 9. The number of aromatic nitrogens is 3. The number of ether oxygens (including phenoxy) is 4. The van der Waals surface area contributed by atoms with Crippen LogP contribution in [0.25, 0.3) is 33.4 Å². The molecule has 3 aliphatic heterocycles. The molecule has 6 amide bonds. The summed E-state index contributed by atoms with van der Waals surface area (Å²) in [7, 11) is 1.55. The molecule has 0 saturated heterocycles. The first-order chi connectivity index (χ1) is 62.9. The molecule has 12 N–H and O–H groups in total. The molecule has 3 aromatic heterocycles. The maximum absolute atomic E-state index is 13.6. The van der Waals surface area contributed by atoms with Crippen molar-refractivity contribution in [1.29, 1.82) is 0 Å². The van der Waals surface area contributed by atoms with Crippen molar-refractivity contribution in [2.75, 3.05) is 42.9 Å². The van der Waals surface area contributed by atoms with Crippen LogP contribution in [0.4, 0.5) is 17.1 Å². The molecule has 682 valence electrons. The smallest absolute Gasteiger partial charge is 0.310 e. The number of rotatable bonds is 24. The number of nitrogens with zero attached hydrogens (tertiary/aromatic N) is 3. The SMILES string of the molecule is CC(C)COC(=O)Cc1ccc2c(c1)NC(=O)[C@@H](C)CCC[C@H](NC(=O)c1ccc(CN)c(C3CC3)c1)c1cc-2ccn1.COCCOC(=O)Cc1ccc2c(c1)NC(=O)[C@@H](C)CCC[C@H](NC(=O)c1ccc(CN)c(C3CC3)c1)c1cc-2ccn1.C[C@H]1CCC[C@H](NC(=O)c2ccc(CN)c(C3CC3)c2)c2cc(ccn2)-c2ccc(CC(=O)OC3CCCC3)cc2NC1=O. The van der Waals surface area contributed by atoms with Gasteiger partial charge in [-0.3, -0.25) is 58.1 Å². The van der Waals surface area contributed by atoms with Gasteiger partial charge in [0.1, 0.15) is 12.7 Å². The highest BCUT2D eigenvalue weighted by Crippen LogP contribution is 2.46. The molecule has 25 nitrogen and oxygen atoms in total. The maximum Gasteiger partial charge on any atom is 0.310 e. The molecule has 6 aromatic carbocycles. The highest BCUT2D eigenvalue weighted by Gasteiger charge is 2.34. The van der Waals surface area contributed by atoms with Crippen LogP contribution in [0.2, 0.25) is 0 Å². The predicted octanol–water partition coefficient (Wildman–Crippen LogP) is 17.4. The third-order valence-electron chi connectivity index (χ3n) is 25.7. The first kappa shape index (κ1) is 94.0. The standard InChI is InChI=1S/C36H42N4O4.C35H42N4O4.C34H40N4O5/c1-22-5-4-8-31(39-36(43)26-12-13-27(21-37)30(19-26)24-10-11-24)33-20-25(15-16-38-33)29-14-9-23(17-32(29)40-35(22)42)18-34(41)44-28-6-2-3-7-28;1-21(2)20-43-33(40)16-23-7-12-28-25-13-14-37-32(18-25)30(6-4-5-22(3)34(41)39-31(28)15-23)38-35(42)26-10-11-27(19-36)29(17-26)24-8-9-24;1-21-4-3-5-29(37-34(41)25-9-10-26(20-35)28(18-25)23-7-8-23)31-19-24(12-13-36-31)27-11-6-22(16-30(27)38-33(21)40)17-32(39)43-15-14-42-2/h9,12-17,19-20,22,24,28,31H,2-8,10-11,18,21,37H2,1H3,(H,39,43)(H,40,42);7,10-15,17-18,21-22,24,30H,4-6,8-9,16,19-20,36H2,1-3H3,(H,38,42)(H,39,41);6,9-13,16,18-19,21,23,29H,3-5,7-8,14-15,17,20,35H2,1-2H3,(H,37,41)(H,38,40)/t22-,31-;22-,30-;21-,29-/m000/s1. The van der Waals surface area contributed by atoms with E-state index >= 15 is 0 Å². The van der Waals surface area contributed by atoms with Crippen molar-refractivity contribution in [3.05, 3.63) is 248 Å². The van der Waals surface area contributed by atoms with E-state index in [4.69, 9.17) is 36.1 Å². The molecule has 9 aromatic rings. The van der Waals surface area contributed by atoms with E-state index in [1.54, 1.807) is 25.7 Å². The Labute approximate surface area is 761 Å². The van der Waals surface area contributed by atoms with Crippen LogP contribution in [0, 0.1) is 23.7 Å². The number of hydrogen-bond acceptors (Lipinski definition) is 19. The highest BCUT2D eigenvalue weighted by molar-refractivity contribution is 6.01. The Morgan fingerprint density at radius 1 is 0.392 bits per heavy atom. The van der Waals surface area contributed by atoms with Crippen LogP contribution < -0.4 is 49.1 Å². The Hall–Kier alpha value is -12.2. The van der Waals surface area contributed by atoms with Gasteiger partial charge in [0.15, 0.2) is 0 Å². The molecule has 0 unspecified atom stereocenters. The molecule has 6 atom stereocenters. The molecular formula is C105H124N12O13. The predicted molar refractivity (Wildman–Crippen MR) is 502 cm³/mol. The lowest BCUT2D eigenvalue weighted by Crippen LogP contribution is -2.30. The molecule has 4 aliphatic carbocycles. The van der Waals surface area contributed by atoms with E-state index in [0.29, 0.717) is 123 Å². The quantitative estimate of drug-likeness (QED) is 0.0154. The Bertz CT molecular complexity index is 5600. The molecule has 16 rings (SSSR count). The molecule has 4 saturated carbocycles. The van der Waals surface area contributed by atoms with Gasteiger partial charge in [-0.15, -0.1) is 0 Å². The van der Waals surface area contributed by atoms with Gasteiger partial charge in [-0.25, -0.2) is 0 Å². The number of fused-ring (bicyclic) bond motifs is 12. The van der Waals surface area contributed by atoms with Gasteiger partial charge >= 0.3 is 17.9 Å².